The third-order valence-corrected chi connectivity index (χ3v) is 3.81. The van der Waals surface area contributed by atoms with E-state index in [0.717, 1.165) is 16.5 Å². The number of rotatable bonds is 5. The minimum atomic E-state index is -1.28. The van der Waals surface area contributed by atoms with E-state index >= 15 is 0 Å². The van der Waals surface area contributed by atoms with Gasteiger partial charge >= 0.3 is 0 Å². The van der Waals surface area contributed by atoms with Crippen LogP contribution in [0.5, 0.6) is 5.75 Å². The average Bonchev–Trinajstić information content (AvgIpc) is 2.58. The Morgan fingerprint density at radius 2 is 1.74 bits per heavy atom. The second-order valence-electron chi connectivity index (χ2n) is 5.48. The van der Waals surface area contributed by atoms with Gasteiger partial charge in [0.25, 0.3) is 0 Å². The molecule has 0 aliphatic carbocycles. The predicted molar refractivity (Wildman–Crippen MR) is 83.2 cm³/mol. The lowest BCUT2D eigenvalue weighted by molar-refractivity contribution is -0.270. The second kappa shape index (κ2) is 7.25. The van der Waals surface area contributed by atoms with E-state index in [1.54, 1.807) is 0 Å². The summed E-state index contributed by atoms with van der Waals surface area (Å²) in [6, 6.07) is 13.8. The third-order valence-electron chi connectivity index (χ3n) is 3.81. The summed E-state index contributed by atoms with van der Waals surface area (Å²) in [7, 11) is 0. The van der Waals surface area contributed by atoms with Crippen molar-refractivity contribution in [2.45, 2.75) is 24.6 Å². The quantitative estimate of drug-likeness (QED) is 0.702. The molecule has 0 aromatic heterocycles. The van der Waals surface area contributed by atoms with Crippen molar-refractivity contribution in [3.63, 3.8) is 0 Å². The van der Waals surface area contributed by atoms with Gasteiger partial charge in [0.15, 0.2) is 6.29 Å². The Morgan fingerprint density at radius 3 is 2.57 bits per heavy atom. The fourth-order valence-corrected chi connectivity index (χ4v) is 2.51. The third kappa shape index (κ3) is 3.80. The Morgan fingerprint density at radius 1 is 0.957 bits per heavy atom. The van der Waals surface area contributed by atoms with Gasteiger partial charge in [-0.15, -0.1) is 0 Å². The molecule has 0 amide bonds. The molecule has 0 bridgehead atoms. The Kier molecular flexibility index (Phi) is 5.09. The van der Waals surface area contributed by atoms with Gasteiger partial charge < -0.3 is 29.5 Å². The highest BCUT2D eigenvalue weighted by Gasteiger charge is 2.38. The maximum atomic E-state index is 9.74. The van der Waals surface area contributed by atoms with Crippen molar-refractivity contribution in [2.24, 2.45) is 0 Å². The molecule has 1 heterocycles. The zero-order valence-corrected chi connectivity index (χ0v) is 12.5. The van der Waals surface area contributed by atoms with Crippen molar-refractivity contribution in [3.8, 4) is 5.75 Å². The molecule has 1 fully saturated rings. The van der Waals surface area contributed by atoms with Crippen LogP contribution in [0.25, 0.3) is 10.8 Å². The van der Waals surface area contributed by atoms with Crippen molar-refractivity contribution >= 4 is 10.8 Å². The standard InChI is InChI=1S/C17H20O6/c18-14-10-23-17(16(20)15(14)19)22-8-7-21-13-6-5-11-3-1-2-4-12(11)9-13/h1-6,9,14-20H,7-8,10H2/t14-,15+,16-,17-/m1/s1. The second-order valence-corrected chi connectivity index (χ2v) is 5.48. The molecular formula is C17H20O6. The van der Waals surface area contributed by atoms with Crippen LogP contribution < -0.4 is 4.74 Å². The van der Waals surface area contributed by atoms with Crippen LogP contribution >= 0.6 is 0 Å². The summed E-state index contributed by atoms with van der Waals surface area (Å²) in [5, 5.41) is 30.9. The summed E-state index contributed by atoms with van der Waals surface area (Å²) in [5.74, 6) is 0.730. The molecule has 124 valence electrons. The highest BCUT2D eigenvalue weighted by atomic mass is 16.7. The van der Waals surface area contributed by atoms with Crippen LogP contribution in [-0.2, 0) is 9.47 Å². The molecule has 3 N–H and O–H groups in total. The molecule has 6 heteroatoms. The maximum absolute atomic E-state index is 9.74. The maximum Gasteiger partial charge on any atom is 0.186 e. The van der Waals surface area contributed by atoms with Crippen LogP contribution in [0.3, 0.4) is 0 Å². The number of benzene rings is 2. The molecule has 0 radical (unpaired) electrons. The molecule has 1 aliphatic heterocycles. The molecule has 0 spiro atoms. The lowest BCUT2D eigenvalue weighted by atomic mass is 10.1. The highest BCUT2D eigenvalue weighted by Crippen LogP contribution is 2.21. The van der Waals surface area contributed by atoms with Crippen molar-refractivity contribution in [1.29, 1.82) is 0 Å². The topological polar surface area (TPSA) is 88.4 Å². The SMILES string of the molecule is O[C@@H]1[C@@H](O)[C@H](OCCOc2ccc3ccccc3c2)OC[C@H]1O. The van der Waals surface area contributed by atoms with Gasteiger partial charge in [0.1, 0.15) is 30.7 Å². The van der Waals surface area contributed by atoms with Gasteiger partial charge in [0.2, 0.25) is 0 Å². The first-order valence-electron chi connectivity index (χ1n) is 7.54. The minimum absolute atomic E-state index is 0.0750. The first kappa shape index (κ1) is 16.2. The zero-order valence-electron chi connectivity index (χ0n) is 12.5. The van der Waals surface area contributed by atoms with Crippen LogP contribution in [-0.4, -0.2) is 59.7 Å². The van der Waals surface area contributed by atoms with Crippen LogP contribution in [0.15, 0.2) is 42.5 Å². The molecular weight excluding hydrogens is 300 g/mol. The monoisotopic (exact) mass is 320 g/mol. The fourth-order valence-electron chi connectivity index (χ4n) is 2.51. The van der Waals surface area contributed by atoms with Crippen LogP contribution in [0, 0.1) is 0 Å². The molecule has 2 aromatic carbocycles. The van der Waals surface area contributed by atoms with Crippen molar-refractivity contribution in [3.05, 3.63) is 42.5 Å². The largest absolute Gasteiger partial charge is 0.491 e. The Balaban J connectivity index is 1.47. The van der Waals surface area contributed by atoms with Crippen molar-refractivity contribution < 1.29 is 29.5 Å². The van der Waals surface area contributed by atoms with Gasteiger partial charge in [0.05, 0.1) is 13.2 Å². The highest BCUT2D eigenvalue weighted by molar-refractivity contribution is 5.83. The first-order chi connectivity index (χ1) is 11.1. The number of aliphatic hydroxyl groups excluding tert-OH is 3. The summed E-state index contributed by atoms with van der Waals surface area (Å²) in [6.07, 6.45) is -4.61. The zero-order chi connectivity index (χ0) is 16.2. The van der Waals surface area contributed by atoms with Gasteiger partial charge in [0, 0.05) is 0 Å². The predicted octanol–water partition coefficient (Wildman–Crippen LogP) is 0.674. The lowest BCUT2D eigenvalue weighted by Gasteiger charge is -2.34. The van der Waals surface area contributed by atoms with E-state index < -0.39 is 24.6 Å². The molecule has 2 aromatic rings. The van der Waals surface area contributed by atoms with Crippen LogP contribution in [0.2, 0.25) is 0 Å². The molecule has 3 rings (SSSR count). The van der Waals surface area contributed by atoms with E-state index in [1.165, 1.54) is 0 Å². The molecule has 0 unspecified atom stereocenters. The number of fused-ring (bicyclic) bond motifs is 1. The molecule has 1 saturated heterocycles. The lowest BCUT2D eigenvalue weighted by Crippen LogP contribution is -2.53. The first-order valence-corrected chi connectivity index (χ1v) is 7.54. The van der Waals surface area contributed by atoms with Crippen LogP contribution in [0.4, 0.5) is 0 Å². The van der Waals surface area contributed by atoms with E-state index in [4.69, 9.17) is 14.2 Å². The van der Waals surface area contributed by atoms with Crippen molar-refractivity contribution in [2.75, 3.05) is 19.8 Å². The van der Waals surface area contributed by atoms with Gasteiger partial charge in [-0.25, -0.2) is 0 Å². The smallest absolute Gasteiger partial charge is 0.186 e. The van der Waals surface area contributed by atoms with E-state index in [2.05, 4.69) is 0 Å². The Hall–Kier alpha value is -1.70. The number of ether oxygens (including phenoxy) is 3. The molecule has 0 saturated carbocycles. The minimum Gasteiger partial charge on any atom is -0.491 e. The van der Waals surface area contributed by atoms with E-state index in [9.17, 15) is 15.3 Å². The summed E-state index contributed by atoms with van der Waals surface area (Å²) in [5.41, 5.74) is 0. The van der Waals surface area contributed by atoms with Crippen LogP contribution in [0.1, 0.15) is 0 Å². The van der Waals surface area contributed by atoms with E-state index in [1.807, 2.05) is 42.5 Å². The molecule has 23 heavy (non-hydrogen) atoms. The number of hydrogen-bond donors (Lipinski definition) is 3. The summed E-state index contributed by atoms with van der Waals surface area (Å²) >= 11 is 0. The Bertz CT molecular complexity index is 646. The van der Waals surface area contributed by atoms with Gasteiger partial charge in [-0.05, 0) is 22.9 Å². The summed E-state index contributed by atoms with van der Waals surface area (Å²) < 4.78 is 16.1. The summed E-state index contributed by atoms with van der Waals surface area (Å²) in [4.78, 5) is 0. The van der Waals surface area contributed by atoms with E-state index in [0.29, 0.717) is 0 Å². The number of aliphatic hydroxyl groups is 3. The van der Waals surface area contributed by atoms with E-state index in [-0.39, 0.29) is 19.8 Å². The fraction of sp³-hybridized carbons (Fsp3) is 0.412. The van der Waals surface area contributed by atoms with Crippen molar-refractivity contribution in [1.82, 2.24) is 0 Å². The average molecular weight is 320 g/mol. The Labute approximate surface area is 133 Å². The van der Waals surface area contributed by atoms with Gasteiger partial charge in [-0.3, -0.25) is 0 Å². The molecule has 1 aliphatic rings. The van der Waals surface area contributed by atoms with Gasteiger partial charge in [-0.1, -0.05) is 30.3 Å². The number of hydrogen-bond acceptors (Lipinski definition) is 6. The summed E-state index contributed by atoms with van der Waals surface area (Å²) in [6.45, 7) is 0.398. The van der Waals surface area contributed by atoms with Gasteiger partial charge in [-0.2, -0.15) is 0 Å². The molecule has 4 atom stereocenters. The molecule has 6 nitrogen and oxygen atoms in total. The normalized spacial score (nSPS) is 28.0.